The first-order valence-corrected chi connectivity index (χ1v) is 8.20. The first-order chi connectivity index (χ1) is 9.77. The number of allylic oxidation sites excluding steroid dienone is 3. The fourth-order valence-electron chi connectivity index (χ4n) is 2.14. The van der Waals surface area contributed by atoms with Gasteiger partial charge >= 0.3 is 5.97 Å². The lowest BCUT2D eigenvalue weighted by Crippen LogP contribution is -1.89. The Bertz CT molecular complexity index is 267. The van der Waals surface area contributed by atoms with Gasteiger partial charge in [0, 0.05) is 6.92 Å². The molecule has 0 aliphatic rings. The highest BCUT2D eigenvalue weighted by atomic mass is 16.5. The lowest BCUT2D eigenvalue weighted by Gasteiger charge is -2.01. The van der Waals surface area contributed by atoms with Gasteiger partial charge in [-0.1, -0.05) is 57.1 Å². The van der Waals surface area contributed by atoms with Crippen LogP contribution in [-0.4, -0.2) is 5.97 Å². The van der Waals surface area contributed by atoms with Crippen molar-refractivity contribution in [3.63, 3.8) is 0 Å². The molecule has 0 aliphatic carbocycles. The van der Waals surface area contributed by atoms with Gasteiger partial charge in [0.25, 0.3) is 0 Å². The molecule has 0 atom stereocenters. The summed E-state index contributed by atoms with van der Waals surface area (Å²) in [5.41, 5.74) is 0. The van der Waals surface area contributed by atoms with E-state index in [1.54, 1.807) is 0 Å². The van der Waals surface area contributed by atoms with Gasteiger partial charge in [0.05, 0.1) is 6.26 Å². The highest BCUT2D eigenvalue weighted by molar-refractivity contribution is 5.66. The van der Waals surface area contributed by atoms with E-state index in [4.69, 9.17) is 4.74 Å². The molecule has 0 unspecified atom stereocenters. The zero-order valence-electron chi connectivity index (χ0n) is 13.4. The lowest BCUT2D eigenvalue weighted by atomic mass is 10.1. The molecule has 0 N–H and O–H groups in total. The van der Waals surface area contributed by atoms with Crippen molar-refractivity contribution in [2.24, 2.45) is 0 Å². The van der Waals surface area contributed by atoms with Crippen molar-refractivity contribution in [1.82, 2.24) is 0 Å². The summed E-state index contributed by atoms with van der Waals surface area (Å²) in [7, 11) is 0. The maximum Gasteiger partial charge on any atom is 0.307 e. The second-order valence-electron chi connectivity index (χ2n) is 5.31. The van der Waals surface area contributed by atoms with E-state index in [1.165, 1.54) is 77.4 Å². The molecule has 0 spiro atoms. The summed E-state index contributed by atoms with van der Waals surface area (Å²) in [6, 6.07) is 0. The smallest absolute Gasteiger partial charge is 0.307 e. The summed E-state index contributed by atoms with van der Waals surface area (Å²) >= 11 is 0. The summed E-state index contributed by atoms with van der Waals surface area (Å²) in [4.78, 5) is 10.5. The van der Waals surface area contributed by atoms with Crippen molar-refractivity contribution in [2.75, 3.05) is 0 Å². The van der Waals surface area contributed by atoms with E-state index in [0.717, 1.165) is 6.42 Å². The summed E-state index contributed by atoms with van der Waals surface area (Å²) in [5, 5.41) is 0. The van der Waals surface area contributed by atoms with Crippen LogP contribution in [0.2, 0.25) is 0 Å². The zero-order chi connectivity index (χ0) is 14.9. The van der Waals surface area contributed by atoms with Crippen molar-refractivity contribution in [3.8, 4) is 0 Å². The molecule has 0 bridgehead atoms. The van der Waals surface area contributed by atoms with Crippen molar-refractivity contribution >= 4 is 5.97 Å². The van der Waals surface area contributed by atoms with E-state index >= 15 is 0 Å². The van der Waals surface area contributed by atoms with Gasteiger partial charge in [0.1, 0.15) is 0 Å². The van der Waals surface area contributed by atoms with Gasteiger partial charge in [-0.2, -0.15) is 0 Å². The van der Waals surface area contributed by atoms with Crippen LogP contribution in [0.3, 0.4) is 0 Å². The fraction of sp³-hybridized carbons (Fsp3) is 0.722. The molecule has 0 amide bonds. The molecule has 2 heteroatoms. The van der Waals surface area contributed by atoms with Crippen molar-refractivity contribution in [1.29, 1.82) is 0 Å². The predicted octanol–water partition coefficient (Wildman–Crippen LogP) is 5.93. The number of rotatable bonds is 13. The Morgan fingerprint density at radius 3 is 1.70 bits per heavy atom. The van der Waals surface area contributed by atoms with Crippen LogP contribution in [0.4, 0.5) is 0 Å². The van der Waals surface area contributed by atoms with E-state index in [2.05, 4.69) is 19.1 Å². The number of carbonyl (C=O) groups excluding carboxylic acids is 1. The first-order valence-electron chi connectivity index (χ1n) is 8.20. The minimum atomic E-state index is -0.244. The van der Waals surface area contributed by atoms with Crippen LogP contribution < -0.4 is 0 Å². The van der Waals surface area contributed by atoms with Gasteiger partial charge in [-0.3, -0.25) is 4.79 Å². The van der Waals surface area contributed by atoms with Crippen LogP contribution in [0.5, 0.6) is 0 Å². The molecule has 0 radical (unpaired) electrons. The molecule has 0 saturated heterocycles. The monoisotopic (exact) mass is 280 g/mol. The summed E-state index contributed by atoms with van der Waals surface area (Å²) in [6.07, 6.45) is 22.2. The van der Waals surface area contributed by atoms with E-state index < -0.39 is 0 Å². The molecule has 0 rings (SSSR count). The molecule has 116 valence electrons. The molecule has 2 nitrogen and oxygen atoms in total. The molecule has 0 saturated carbocycles. The standard InChI is InChI=1S/C18H32O2/c1-3-4-5-6-7-8-9-10-11-12-13-14-15-16-17-20-18(2)19/h3-4,16-17H,5-15H2,1-2H3. The van der Waals surface area contributed by atoms with Crippen LogP contribution in [0, 0.1) is 0 Å². The first kappa shape index (κ1) is 18.9. The molecule has 0 aromatic heterocycles. The third kappa shape index (κ3) is 16.9. The molecule has 0 aromatic rings. The zero-order valence-corrected chi connectivity index (χ0v) is 13.4. The Morgan fingerprint density at radius 2 is 1.25 bits per heavy atom. The number of hydrogen-bond donors (Lipinski definition) is 0. The molecule has 0 heterocycles. The van der Waals surface area contributed by atoms with Crippen LogP contribution >= 0.6 is 0 Å². The molecule has 0 aliphatic heterocycles. The summed E-state index contributed by atoms with van der Waals surface area (Å²) < 4.78 is 4.73. The topological polar surface area (TPSA) is 26.3 Å². The third-order valence-electron chi connectivity index (χ3n) is 3.31. The van der Waals surface area contributed by atoms with Gasteiger partial charge in [-0.15, -0.1) is 0 Å². The highest BCUT2D eigenvalue weighted by Gasteiger charge is 1.92. The van der Waals surface area contributed by atoms with Gasteiger partial charge in [-0.25, -0.2) is 0 Å². The Hall–Kier alpha value is -1.05. The maximum atomic E-state index is 10.5. The minimum Gasteiger partial charge on any atom is -0.435 e. The average Bonchev–Trinajstić information content (AvgIpc) is 2.43. The van der Waals surface area contributed by atoms with E-state index in [1.807, 2.05) is 6.08 Å². The van der Waals surface area contributed by atoms with Crippen LogP contribution in [0.25, 0.3) is 0 Å². The van der Waals surface area contributed by atoms with Gasteiger partial charge < -0.3 is 4.74 Å². The highest BCUT2D eigenvalue weighted by Crippen LogP contribution is 2.11. The predicted molar refractivity (Wildman–Crippen MR) is 86.5 cm³/mol. The quantitative estimate of drug-likeness (QED) is 0.181. The minimum absolute atomic E-state index is 0.244. The van der Waals surface area contributed by atoms with Crippen LogP contribution in [0.1, 0.15) is 84.5 Å². The fourth-order valence-corrected chi connectivity index (χ4v) is 2.14. The molecular formula is C18H32O2. The largest absolute Gasteiger partial charge is 0.435 e. The normalized spacial score (nSPS) is 11.5. The Kier molecular flexibility index (Phi) is 15.2. The summed E-state index contributed by atoms with van der Waals surface area (Å²) in [5.74, 6) is -0.244. The second kappa shape index (κ2) is 16.0. The Morgan fingerprint density at radius 1 is 0.800 bits per heavy atom. The van der Waals surface area contributed by atoms with Crippen molar-refractivity contribution < 1.29 is 9.53 Å². The van der Waals surface area contributed by atoms with Gasteiger partial charge in [-0.05, 0) is 38.7 Å². The average molecular weight is 280 g/mol. The number of unbranched alkanes of at least 4 members (excludes halogenated alkanes) is 10. The third-order valence-corrected chi connectivity index (χ3v) is 3.31. The van der Waals surface area contributed by atoms with Crippen molar-refractivity contribution in [2.45, 2.75) is 84.5 Å². The van der Waals surface area contributed by atoms with Crippen LogP contribution in [0.15, 0.2) is 24.5 Å². The number of carbonyl (C=O) groups is 1. The maximum absolute atomic E-state index is 10.5. The lowest BCUT2D eigenvalue weighted by molar-refractivity contribution is -0.135. The van der Waals surface area contributed by atoms with Gasteiger partial charge in [0.2, 0.25) is 0 Å². The Labute approximate surface area is 125 Å². The number of hydrogen-bond acceptors (Lipinski definition) is 2. The number of ether oxygens (including phenoxy) is 1. The summed E-state index contributed by atoms with van der Waals surface area (Å²) in [6.45, 7) is 3.51. The van der Waals surface area contributed by atoms with Gasteiger partial charge in [0.15, 0.2) is 0 Å². The van der Waals surface area contributed by atoms with E-state index in [-0.39, 0.29) is 5.97 Å². The van der Waals surface area contributed by atoms with E-state index in [9.17, 15) is 4.79 Å². The molecule has 20 heavy (non-hydrogen) atoms. The van der Waals surface area contributed by atoms with Crippen LogP contribution in [-0.2, 0) is 9.53 Å². The van der Waals surface area contributed by atoms with E-state index in [0.29, 0.717) is 0 Å². The molecular weight excluding hydrogens is 248 g/mol. The molecule has 0 aromatic carbocycles. The SMILES string of the molecule is CC=CCCCCCCCCCCCC=COC(C)=O. The second-order valence-corrected chi connectivity index (χ2v) is 5.31. The Balaban J connectivity index is 3.06. The number of esters is 1. The molecule has 0 fully saturated rings. The van der Waals surface area contributed by atoms with Crippen molar-refractivity contribution in [3.05, 3.63) is 24.5 Å².